The molecule has 0 radical (unpaired) electrons. The zero-order valence-corrected chi connectivity index (χ0v) is 12.0. The Hall–Kier alpha value is -2.15. The fourth-order valence-electron chi connectivity index (χ4n) is 2.47. The van der Waals surface area contributed by atoms with Crippen molar-refractivity contribution in [3.05, 3.63) is 77.4 Å². The summed E-state index contributed by atoms with van der Waals surface area (Å²) < 4.78 is 0. The Morgan fingerprint density at radius 1 is 0.850 bits per heavy atom. The molecule has 1 aliphatic heterocycles. The zero-order chi connectivity index (χ0) is 13.9. The van der Waals surface area contributed by atoms with Crippen LogP contribution >= 0.6 is 0 Å². The van der Waals surface area contributed by atoms with E-state index in [1.807, 2.05) is 6.07 Å². The Morgan fingerprint density at radius 3 is 2.20 bits per heavy atom. The van der Waals surface area contributed by atoms with Gasteiger partial charge in [0.25, 0.3) is 0 Å². The predicted octanol–water partition coefficient (Wildman–Crippen LogP) is 4.70. The fourth-order valence-corrected chi connectivity index (χ4v) is 2.47. The average Bonchev–Trinajstić information content (AvgIpc) is 2.98. The lowest BCUT2D eigenvalue weighted by Crippen LogP contribution is -1.92. The lowest BCUT2D eigenvalue weighted by atomic mass is 9.98. The second-order valence-corrected chi connectivity index (χ2v) is 5.51. The van der Waals surface area contributed by atoms with Crippen molar-refractivity contribution in [3.8, 4) is 0 Å². The third-order valence-corrected chi connectivity index (χ3v) is 3.75. The van der Waals surface area contributed by atoms with Gasteiger partial charge in [-0.15, -0.1) is 0 Å². The molecule has 0 saturated heterocycles. The van der Waals surface area contributed by atoms with Crippen molar-refractivity contribution >= 4 is 11.3 Å². The summed E-state index contributed by atoms with van der Waals surface area (Å²) >= 11 is 0. The van der Waals surface area contributed by atoms with E-state index in [9.17, 15) is 0 Å². The molecule has 2 aromatic carbocycles. The standard InChI is InChI=1S/C19H19N/c1-14(2)15-8-10-16(11-9-15)18-12-19(20-13-18)17-6-4-3-5-7-17/h3-12,14H,13H2,1-2H3. The maximum atomic E-state index is 4.65. The van der Waals surface area contributed by atoms with Gasteiger partial charge in [-0.3, -0.25) is 4.99 Å². The smallest absolute Gasteiger partial charge is 0.0654 e. The Balaban J connectivity index is 1.83. The lowest BCUT2D eigenvalue weighted by molar-refractivity contribution is 0.866. The first kappa shape index (κ1) is 12.9. The fraction of sp³-hybridized carbons (Fsp3) is 0.211. The van der Waals surface area contributed by atoms with E-state index >= 15 is 0 Å². The number of allylic oxidation sites excluding steroid dienone is 1. The molecule has 1 heterocycles. The van der Waals surface area contributed by atoms with E-state index in [1.54, 1.807) is 0 Å². The molecule has 0 N–H and O–H groups in total. The first-order valence-electron chi connectivity index (χ1n) is 7.15. The van der Waals surface area contributed by atoms with E-state index in [0.29, 0.717) is 5.92 Å². The van der Waals surface area contributed by atoms with Crippen LogP contribution in [0.1, 0.15) is 36.5 Å². The molecule has 0 spiro atoms. The van der Waals surface area contributed by atoms with E-state index < -0.39 is 0 Å². The van der Waals surface area contributed by atoms with Crippen molar-refractivity contribution in [2.24, 2.45) is 4.99 Å². The van der Waals surface area contributed by atoms with Gasteiger partial charge in [0.1, 0.15) is 0 Å². The van der Waals surface area contributed by atoms with E-state index in [4.69, 9.17) is 0 Å². The van der Waals surface area contributed by atoms with Crippen molar-refractivity contribution in [1.29, 1.82) is 0 Å². The van der Waals surface area contributed by atoms with Crippen LogP contribution in [0.25, 0.3) is 5.57 Å². The number of benzene rings is 2. The van der Waals surface area contributed by atoms with Gasteiger partial charge in [-0.2, -0.15) is 0 Å². The summed E-state index contributed by atoms with van der Waals surface area (Å²) in [5.74, 6) is 0.581. The van der Waals surface area contributed by atoms with E-state index in [-0.39, 0.29) is 0 Å². The summed E-state index contributed by atoms with van der Waals surface area (Å²) in [6, 6.07) is 19.2. The van der Waals surface area contributed by atoms with Crippen LogP contribution in [0.2, 0.25) is 0 Å². The van der Waals surface area contributed by atoms with Crippen LogP contribution in [0.5, 0.6) is 0 Å². The van der Waals surface area contributed by atoms with Gasteiger partial charge in [-0.25, -0.2) is 0 Å². The molecule has 0 amide bonds. The third-order valence-electron chi connectivity index (χ3n) is 3.75. The number of nitrogens with zero attached hydrogens (tertiary/aromatic N) is 1. The summed E-state index contributed by atoms with van der Waals surface area (Å²) in [4.78, 5) is 4.65. The van der Waals surface area contributed by atoms with Gasteiger partial charge in [0.2, 0.25) is 0 Å². The molecule has 1 aliphatic rings. The molecule has 0 atom stereocenters. The van der Waals surface area contributed by atoms with Crippen molar-refractivity contribution in [2.75, 3.05) is 6.54 Å². The molecule has 0 aromatic heterocycles. The molecule has 20 heavy (non-hydrogen) atoms. The average molecular weight is 261 g/mol. The number of aliphatic imine (C=N–C) groups is 1. The molecule has 1 heteroatoms. The monoisotopic (exact) mass is 261 g/mol. The molecule has 0 saturated carbocycles. The van der Waals surface area contributed by atoms with Crippen LogP contribution in [0.4, 0.5) is 0 Å². The normalized spacial score (nSPS) is 14.3. The van der Waals surface area contributed by atoms with Gasteiger partial charge in [-0.05, 0) is 34.3 Å². The van der Waals surface area contributed by atoms with Crippen LogP contribution in [-0.4, -0.2) is 12.3 Å². The highest BCUT2D eigenvalue weighted by Gasteiger charge is 2.11. The molecule has 0 unspecified atom stereocenters. The molecule has 0 aliphatic carbocycles. The summed E-state index contributed by atoms with van der Waals surface area (Å²) in [6.07, 6.45) is 2.21. The maximum Gasteiger partial charge on any atom is 0.0654 e. The van der Waals surface area contributed by atoms with Gasteiger partial charge in [0.05, 0.1) is 12.3 Å². The van der Waals surface area contributed by atoms with Crippen molar-refractivity contribution < 1.29 is 0 Å². The maximum absolute atomic E-state index is 4.65. The van der Waals surface area contributed by atoms with Crippen LogP contribution in [0, 0.1) is 0 Å². The zero-order valence-electron chi connectivity index (χ0n) is 12.0. The number of hydrogen-bond donors (Lipinski definition) is 0. The number of rotatable bonds is 3. The molecule has 1 nitrogen and oxygen atoms in total. The van der Waals surface area contributed by atoms with Crippen molar-refractivity contribution in [2.45, 2.75) is 19.8 Å². The molecule has 0 bridgehead atoms. The molecular weight excluding hydrogens is 242 g/mol. The van der Waals surface area contributed by atoms with E-state index in [2.05, 4.69) is 73.4 Å². The van der Waals surface area contributed by atoms with Crippen LogP contribution in [0.15, 0.2) is 65.7 Å². The van der Waals surface area contributed by atoms with Crippen molar-refractivity contribution in [3.63, 3.8) is 0 Å². The highest BCUT2D eigenvalue weighted by atomic mass is 14.8. The predicted molar refractivity (Wildman–Crippen MR) is 86.4 cm³/mol. The van der Waals surface area contributed by atoms with Crippen LogP contribution < -0.4 is 0 Å². The number of hydrogen-bond acceptors (Lipinski definition) is 1. The summed E-state index contributed by atoms with van der Waals surface area (Å²) in [5.41, 5.74) is 6.26. The summed E-state index contributed by atoms with van der Waals surface area (Å²) in [6.45, 7) is 5.23. The second-order valence-electron chi connectivity index (χ2n) is 5.51. The highest BCUT2D eigenvalue weighted by molar-refractivity contribution is 6.14. The molecule has 100 valence electrons. The topological polar surface area (TPSA) is 12.4 Å². The first-order chi connectivity index (χ1) is 9.74. The first-order valence-corrected chi connectivity index (χ1v) is 7.15. The minimum atomic E-state index is 0.581. The minimum Gasteiger partial charge on any atom is -0.280 e. The molecule has 3 rings (SSSR count). The Labute approximate surface area is 120 Å². The highest BCUT2D eigenvalue weighted by Crippen LogP contribution is 2.23. The van der Waals surface area contributed by atoms with Gasteiger partial charge in [-0.1, -0.05) is 68.4 Å². The molecule has 0 fully saturated rings. The van der Waals surface area contributed by atoms with Crippen molar-refractivity contribution in [1.82, 2.24) is 0 Å². The molecule has 2 aromatic rings. The van der Waals surface area contributed by atoms with Gasteiger partial charge in [0.15, 0.2) is 0 Å². The Morgan fingerprint density at radius 2 is 1.55 bits per heavy atom. The largest absolute Gasteiger partial charge is 0.280 e. The second kappa shape index (κ2) is 5.46. The molecular formula is C19H19N. The summed E-state index contributed by atoms with van der Waals surface area (Å²) in [7, 11) is 0. The quantitative estimate of drug-likeness (QED) is 0.759. The van der Waals surface area contributed by atoms with Gasteiger partial charge in [0, 0.05) is 0 Å². The lowest BCUT2D eigenvalue weighted by Gasteiger charge is -2.07. The van der Waals surface area contributed by atoms with Crippen LogP contribution in [-0.2, 0) is 0 Å². The minimum absolute atomic E-state index is 0.581. The SMILES string of the molecule is CC(C)c1ccc(C2=CC(c3ccccc3)=NC2)cc1. The van der Waals surface area contributed by atoms with Gasteiger partial charge < -0.3 is 0 Å². The van der Waals surface area contributed by atoms with Gasteiger partial charge >= 0.3 is 0 Å². The van der Waals surface area contributed by atoms with E-state index in [1.165, 1.54) is 22.3 Å². The summed E-state index contributed by atoms with van der Waals surface area (Å²) in [5, 5.41) is 0. The van der Waals surface area contributed by atoms with E-state index in [0.717, 1.165) is 12.3 Å². The van der Waals surface area contributed by atoms with Crippen LogP contribution in [0.3, 0.4) is 0 Å². The Kier molecular flexibility index (Phi) is 3.51. The Bertz CT molecular complexity index is 646. The third kappa shape index (κ3) is 2.57.